The predicted molar refractivity (Wildman–Crippen MR) is 59.1 cm³/mol. The fourth-order valence-electron chi connectivity index (χ4n) is 0.975. The minimum Gasteiger partial charge on any atom is -0.309 e. The summed E-state index contributed by atoms with van der Waals surface area (Å²) in [5.74, 6) is 0. The van der Waals surface area contributed by atoms with Crippen molar-refractivity contribution in [2.45, 2.75) is 19.4 Å². The molecule has 0 aromatic heterocycles. The molecule has 0 aliphatic heterocycles. The normalized spacial score (nSPS) is 14.2. The van der Waals surface area contributed by atoms with Crippen LogP contribution >= 0.6 is 15.9 Å². The van der Waals surface area contributed by atoms with Gasteiger partial charge in [-0.15, -0.1) is 0 Å². The van der Waals surface area contributed by atoms with E-state index in [4.69, 9.17) is 0 Å². The van der Waals surface area contributed by atoms with Gasteiger partial charge in [-0.3, -0.25) is 0 Å². The van der Waals surface area contributed by atoms with Crippen LogP contribution in [-0.2, 0) is 0 Å². The summed E-state index contributed by atoms with van der Waals surface area (Å²) in [6, 6.07) is 0.646. The Hall–Kier alpha value is 0.400. The standard InChI is InChI=1S/C9H21BrN2/c1-9(8-10)12(4)7-5-6-11(2)3/h9H,5-8H2,1-4H3. The topological polar surface area (TPSA) is 6.48 Å². The van der Waals surface area contributed by atoms with Crippen molar-refractivity contribution in [2.75, 3.05) is 39.6 Å². The highest BCUT2D eigenvalue weighted by Crippen LogP contribution is 2.00. The Morgan fingerprint density at radius 3 is 2.17 bits per heavy atom. The van der Waals surface area contributed by atoms with E-state index in [1.165, 1.54) is 19.5 Å². The molecule has 0 N–H and O–H groups in total. The molecule has 12 heavy (non-hydrogen) atoms. The van der Waals surface area contributed by atoms with E-state index in [9.17, 15) is 0 Å². The molecule has 0 spiro atoms. The van der Waals surface area contributed by atoms with E-state index >= 15 is 0 Å². The first-order valence-corrected chi connectivity index (χ1v) is 5.61. The first-order valence-electron chi connectivity index (χ1n) is 4.49. The van der Waals surface area contributed by atoms with Crippen LogP contribution < -0.4 is 0 Å². The van der Waals surface area contributed by atoms with Crippen LogP contribution in [-0.4, -0.2) is 55.4 Å². The molecule has 0 radical (unpaired) electrons. The molecule has 0 aliphatic rings. The first kappa shape index (κ1) is 12.4. The minimum absolute atomic E-state index is 0.646. The van der Waals surface area contributed by atoms with Crippen LogP contribution in [0.4, 0.5) is 0 Å². The lowest BCUT2D eigenvalue weighted by Crippen LogP contribution is -2.32. The zero-order valence-corrected chi connectivity index (χ0v) is 10.3. The predicted octanol–water partition coefficient (Wildman–Crippen LogP) is 1.65. The van der Waals surface area contributed by atoms with E-state index in [1.807, 2.05) is 0 Å². The molecule has 0 saturated carbocycles. The quantitative estimate of drug-likeness (QED) is 0.648. The van der Waals surface area contributed by atoms with Gasteiger partial charge in [0.15, 0.2) is 0 Å². The van der Waals surface area contributed by atoms with Crippen molar-refractivity contribution < 1.29 is 0 Å². The molecule has 1 atom stereocenters. The molecule has 1 unspecified atom stereocenters. The summed E-state index contributed by atoms with van der Waals surface area (Å²) in [6.07, 6.45) is 1.25. The highest BCUT2D eigenvalue weighted by Gasteiger charge is 2.05. The number of rotatable bonds is 6. The number of nitrogens with zero attached hydrogens (tertiary/aromatic N) is 2. The monoisotopic (exact) mass is 236 g/mol. The summed E-state index contributed by atoms with van der Waals surface area (Å²) >= 11 is 3.48. The van der Waals surface area contributed by atoms with Crippen LogP contribution in [0.3, 0.4) is 0 Å². The summed E-state index contributed by atoms with van der Waals surface area (Å²) in [7, 11) is 6.42. The zero-order valence-electron chi connectivity index (χ0n) is 8.68. The zero-order chi connectivity index (χ0) is 9.56. The van der Waals surface area contributed by atoms with Gasteiger partial charge in [-0.25, -0.2) is 0 Å². The van der Waals surface area contributed by atoms with E-state index in [0.717, 1.165) is 5.33 Å². The highest BCUT2D eigenvalue weighted by molar-refractivity contribution is 9.09. The van der Waals surface area contributed by atoms with Gasteiger partial charge in [0.05, 0.1) is 0 Å². The summed E-state index contributed by atoms with van der Waals surface area (Å²) < 4.78 is 0. The third-order valence-corrected chi connectivity index (χ3v) is 3.03. The van der Waals surface area contributed by atoms with Gasteiger partial charge in [-0.2, -0.15) is 0 Å². The third-order valence-electron chi connectivity index (χ3n) is 2.09. The van der Waals surface area contributed by atoms with E-state index in [-0.39, 0.29) is 0 Å². The second-order valence-electron chi connectivity index (χ2n) is 3.64. The van der Waals surface area contributed by atoms with Crippen molar-refractivity contribution in [3.05, 3.63) is 0 Å². The number of halogens is 1. The van der Waals surface area contributed by atoms with Crippen molar-refractivity contribution in [3.63, 3.8) is 0 Å². The van der Waals surface area contributed by atoms with Gasteiger partial charge in [0.25, 0.3) is 0 Å². The van der Waals surface area contributed by atoms with Crippen molar-refractivity contribution in [3.8, 4) is 0 Å². The number of hydrogen-bond donors (Lipinski definition) is 0. The molecule has 3 heteroatoms. The number of hydrogen-bond acceptors (Lipinski definition) is 2. The Balaban J connectivity index is 3.37. The fourth-order valence-corrected chi connectivity index (χ4v) is 1.47. The van der Waals surface area contributed by atoms with Gasteiger partial charge in [-0.05, 0) is 47.6 Å². The SMILES string of the molecule is CC(CBr)N(C)CCCN(C)C. The third kappa shape index (κ3) is 5.98. The Morgan fingerprint density at radius 2 is 1.75 bits per heavy atom. The lowest BCUT2D eigenvalue weighted by molar-refractivity contribution is 0.259. The van der Waals surface area contributed by atoms with Crippen molar-refractivity contribution >= 4 is 15.9 Å². The molecule has 0 rings (SSSR count). The van der Waals surface area contributed by atoms with Gasteiger partial charge >= 0.3 is 0 Å². The minimum atomic E-state index is 0.646. The van der Waals surface area contributed by atoms with Crippen LogP contribution in [0.1, 0.15) is 13.3 Å². The van der Waals surface area contributed by atoms with Crippen LogP contribution in [0.2, 0.25) is 0 Å². The maximum absolute atomic E-state index is 3.48. The highest BCUT2D eigenvalue weighted by atomic mass is 79.9. The molecule has 0 fully saturated rings. The lowest BCUT2D eigenvalue weighted by Gasteiger charge is -2.23. The van der Waals surface area contributed by atoms with E-state index in [2.05, 4.69) is 53.8 Å². The Morgan fingerprint density at radius 1 is 1.17 bits per heavy atom. The molecule has 0 saturated heterocycles. The molecule has 2 nitrogen and oxygen atoms in total. The molecule has 0 aromatic rings. The van der Waals surface area contributed by atoms with Gasteiger partial charge in [0.1, 0.15) is 0 Å². The average Bonchev–Trinajstić information content (AvgIpc) is 2.02. The van der Waals surface area contributed by atoms with E-state index < -0.39 is 0 Å². The molecule has 0 amide bonds. The van der Waals surface area contributed by atoms with Gasteiger partial charge in [-0.1, -0.05) is 15.9 Å². The van der Waals surface area contributed by atoms with Gasteiger partial charge in [0.2, 0.25) is 0 Å². The fraction of sp³-hybridized carbons (Fsp3) is 1.00. The summed E-state index contributed by atoms with van der Waals surface area (Å²) in [5, 5.41) is 1.06. The van der Waals surface area contributed by atoms with Gasteiger partial charge in [0, 0.05) is 11.4 Å². The maximum Gasteiger partial charge on any atom is 0.0185 e. The summed E-state index contributed by atoms with van der Waals surface area (Å²) in [5.41, 5.74) is 0. The Labute approximate surface area is 85.0 Å². The smallest absolute Gasteiger partial charge is 0.0185 e. The molecular weight excluding hydrogens is 216 g/mol. The Kier molecular flexibility index (Phi) is 7.10. The van der Waals surface area contributed by atoms with Crippen LogP contribution in [0.5, 0.6) is 0 Å². The van der Waals surface area contributed by atoms with Crippen molar-refractivity contribution in [1.82, 2.24) is 9.80 Å². The van der Waals surface area contributed by atoms with Crippen molar-refractivity contribution in [2.24, 2.45) is 0 Å². The molecule has 0 aromatic carbocycles. The van der Waals surface area contributed by atoms with Crippen molar-refractivity contribution in [1.29, 1.82) is 0 Å². The van der Waals surface area contributed by atoms with Crippen LogP contribution in [0.25, 0.3) is 0 Å². The molecule has 0 heterocycles. The molecule has 74 valence electrons. The van der Waals surface area contributed by atoms with Gasteiger partial charge < -0.3 is 9.80 Å². The molecule has 0 bridgehead atoms. The summed E-state index contributed by atoms with van der Waals surface area (Å²) in [6.45, 7) is 4.61. The van der Waals surface area contributed by atoms with Crippen LogP contribution in [0, 0.1) is 0 Å². The largest absolute Gasteiger partial charge is 0.309 e. The lowest BCUT2D eigenvalue weighted by atomic mass is 10.3. The second kappa shape index (κ2) is 6.87. The second-order valence-corrected chi connectivity index (χ2v) is 4.29. The average molecular weight is 237 g/mol. The van der Waals surface area contributed by atoms with E-state index in [1.54, 1.807) is 0 Å². The maximum atomic E-state index is 3.48. The molecular formula is C9H21BrN2. The van der Waals surface area contributed by atoms with Crippen LogP contribution in [0.15, 0.2) is 0 Å². The molecule has 0 aliphatic carbocycles. The summed E-state index contributed by atoms with van der Waals surface area (Å²) in [4.78, 5) is 4.62. The van der Waals surface area contributed by atoms with E-state index in [0.29, 0.717) is 6.04 Å². The first-order chi connectivity index (χ1) is 5.57. The number of alkyl halides is 1. The Bertz CT molecular complexity index is 107.